The Bertz CT molecular complexity index is 357. The van der Waals surface area contributed by atoms with E-state index in [-0.39, 0.29) is 0 Å². The molecule has 0 bridgehead atoms. The number of rotatable bonds is 7. The Hall–Kier alpha value is -1.30. The normalized spacial score (nSPS) is 12.1. The zero-order valence-corrected chi connectivity index (χ0v) is 11.2. The van der Waals surface area contributed by atoms with Crippen LogP contribution in [-0.4, -0.2) is 0 Å². The van der Waals surface area contributed by atoms with Gasteiger partial charge in [-0.15, -0.1) is 6.58 Å². The third-order valence-electron chi connectivity index (χ3n) is 3.16. The van der Waals surface area contributed by atoms with Crippen LogP contribution >= 0.6 is 0 Å². The molecular formula is C17H24. The predicted molar refractivity (Wildman–Crippen MR) is 78.0 cm³/mol. The van der Waals surface area contributed by atoms with Crippen LogP contribution in [0.1, 0.15) is 51.5 Å². The van der Waals surface area contributed by atoms with E-state index in [4.69, 9.17) is 0 Å². The van der Waals surface area contributed by atoms with Gasteiger partial charge in [-0.2, -0.15) is 0 Å². The molecule has 17 heavy (non-hydrogen) atoms. The van der Waals surface area contributed by atoms with E-state index in [9.17, 15) is 0 Å². The largest absolute Gasteiger partial charge is 0.103 e. The molecule has 0 aromatic heterocycles. The van der Waals surface area contributed by atoms with Crippen LogP contribution in [0.4, 0.5) is 0 Å². The molecule has 0 aliphatic heterocycles. The predicted octanol–water partition coefficient (Wildman–Crippen LogP) is 5.62. The van der Waals surface area contributed by atoms with Crippen LogP contribution in [0.5, 0.6) is 0 Å². The second kappa shape index (κ2) is 7.89. The number of hydrogen-bond donors (Lipinski definition) is 0. The lowest BCUT2D eigenvalue weighted by Crippen LogP contribution is -1.92. The van der Waals surface area contributed by atoms with Gasteiger partial charge < -0.3 is 0 Å². The second-order valence-corrected chi connectivity index (χ2v) is 4.40. The Kier molecular flexibility index (Phi) is 6.39. The quantitative estimate of drug-likeness (QED) is 0.532. The molecular weight excluding hydrogens is 204 g/mol. The van der Waals surface area contributed by atoms with Crippen molar-refractivity contribution in [2.24, 2.45) is 0 Å². The standard InChI is InChI=1S/C17H24/c1-4-7-12-15(6-3)17(11-5-2)16-13-9-8-10-14-16/h5,8-10,13-14H,2,4,6-7,11-12H2,1,3H3/b17-15-. The maximum Gasteiger partial charge on any atom is -0.00946 e. The van der Waals surface area contributed by atoms with Gasteiger partial charge in [0, 0.05) is 0 Å². The molecule has 0 N–H and O–H groups in total. The fourth-order valence-corrected chi connectivity index (χ4v) is 2.18. The van der Waals surface area contributed by atoms with Crippen molar-refractivity contribution in [3.8, 4) is 0 Å². The third kappa shape index (κ3) is 4.22. The van der Waals surface area contributed by atoms with E-state index in [1.807, 2.05) is 6.08 Å². The highest BCUT2D eigenvalue weighted by Gasteiger charge is 2.06. The molecule has 0 heteroatoms. The van der Waals surface area contributed by atoms with Gasteiger partial charge in [0.15, 0.2) is 0 Å². The lowest BCUT2D eigenvalue weighted by atomic mass is 9.92. The van der Waals surface area contributed by atoms with E-state index in [1.165, 1.54) is 30.4 Å². The molecule has 1 aromatic rings. The second-order valence-electron chi connectivity index (χ2n) is 4.40. The van der Waals surface area contributed by atoms with Gasteiger partial charge in [-0.3, -0.25) is 0 Å². The summed E-state index contributed by atoms with van der Waals surface area (Å²) in [5, 5.41) is 0. The molecule has 0 fully saturated rings. The van der Waals surface area contributed by atoms with Crippen LogP contribution in [0.25, 0.3) is 5.57 Å². The summed E-state index contributed by atoms with van der Waals surface area (Å²) in [6.45, 7) is 8.40. The minimum atomic E-state index is 0.983. The van der Waals surface area contributed by atoms with E-state index in [2.05, 4.69) is 50.8 Å². The molecule has 0 spiro atoms. The first-order chi connectivity index (χ1) is 8.33. The molecule has 0 saturated heterocycles. The SMILES string of the molecule is C=CC/C(=C(\CC)CCCC)c1ccccc1. The van der Waals surface area contributed by atoms with Crippen molar-refractivity contribution in [1.82, 2.24) is 0 Å². The van der Waals surface area contributed by atoms with Crippen LogP contribution in [0.3, 0.4) is 0 Å². The van der Waals surface area contributed by atoms with Gasteiger partial charge in [0.05, 0.1) is 0 Å². The van der Waals surface area contributed by atoms with Gasteiger partial charge >= 0.3 is 0 Å². The molecule has 0 saturated carbocycles. The van der Waals surface area contributed by atoms with Crippen molar-refractivity contribution in [3.05, 3.63) is 54.1 Å². The Balaban J connectivity index is 3.03. The van der Waals surface area contributed by atoms with Crippen molar-refractivity contribution in [3.63, 3.8) is 0 Å². The average Bonchev–Trinajstić information content (AvgIpc) is 2.39. The number of allylic oxidation sites excluding steroid dienone is 3. The van der Waals surface area contributed by atoms with Crippen molar-refractivity contribution in [1.29, 1.82) is 0 Å². The van der Waals surface area contributed by atoms with Gasteiger partial charge in [-0.1, -0.05) is 62.2 Å². The zero-order valence-electron chi connectivity index (χ0n) is 11.2. The molecule has 0 amide bonds. The lowest BCUT2D eigenvalue weighted by molar-refractivity contribution is 0.766. The third-order valence-corrected chi connectivity index (χ3v) is 3.16. The number of unbranched alkanes of at least 4 members (excludes halogenated alkanes) is 1. The van der Waals surface area contributed by atoms with E-state index < -0.39 is 0 Å². The summed E-state index contributed by atoms with van der Waals surface area (Å²) in [4.78, 5) is 0. The maximum absolute atomic E-state index is 3.89. The molecule has 1 rings (SSSR count). The Morgan fingerprint density at radius 3 is 2.41 bits per heavy atom. The Morgan fingerprint density at radius 1 is 1.18 bits per heavy atom. The van der Waals surface area contributed by atoms with Gasteiger partial charge in [0.1, 0.15) is 0 Å². The van der Waals surface area contributed by atoms with Crippen molar-refractivity contribution < 1.29 is 0 Å². The van der Waals surface area contributed by atoms with E-state index in [1.54, 1.807) is 5.57 Å². The van der Waals surface area contributed by atoms with Gasteiger partial charge in [-0.05, 0) is 36.8 Å². The Labute approximate surface area is 106 Å². The fourth-order valence-electron chi connectivity index (χ4n) is 2.18. The Morgan fingerprint density at radius 2 is 1.88 bits per heavy atom. The van der Waals surface area contributed by atoms with Gasteiger partial charge in [-0.25, -0.2) is 0 Å². The summed E-state index contributed by atoms with van der Waals surface area (Å²) in [6, 6.07) is 10.7. The molecule has 0 heterocycles. The molecule has 0 atom stereocenters. The minimum absolute atomic E-state index is 0.983. The van der Waals surface area contributed by atoms with E-state index in [0.717, 1.165) is 12.8 Å². The molecule has 0 unspecified atom stereocenters. The van der Waals surface area contributed by atoms with Crippen LogP contribution in [0.2, 0.25) is 0 Å². The molecule has 0 nitrogen and oxygen atoms in total. The summed E-state index contributed by atoms with van der Waals surface area (Å²) >= 11 is 0. The highest BCUT2D eigenvalue weighted by atomic mass is 14.1. The minimum Gasteiger partial charge on any atom is -0.103 e. The fraction of sp³-hybridized carbons (Fsp3) is 0.412. The van der Waals surface area contributed by atoms with E-state index in [0.29, 0.717) is 0 Å². The summed E-state index contributed by atoms with van der Waals surface area (Å²) in [6.07, 6.45) is 7.93. The molecule has 92 valence electrons. The first-order valence-electron chi connectivity index (χ1n) is 6.70. The highest BCUT2D eigenvalue weighted by molar-refractivity contribution is 5.69. The average molecular weight is 228 g/mol. The summed E-state index contributed by atoms with van der Waals surface area (Å²) in [7, 11) is 0. The summed E-state index contributed by atoms with van der Waals surface area (Å²) in [5.41, 5.74) is 4.44. The highest BCUT2D eigenvalue weighted by Crippen LogP contribution is 2.27. The lowest BCUT2D eigenvalue weighted by Gasteiger charge is -2.13. The molecule has 0 aliphatic carbocycles. The first-order valence-corrected chi connectivity index (χ1v) is 6.70. The summed E-state index contributed by atoms with van der Waals surface area (Å²) < 4.78 is 0. The van der Waals surface area contributed by atoms with Crippen molar-refractivity contribution in [2.45, 2.75) is 46.0 Å². The van der Waals surface area contributed by atoms with Crippen molar-refractivity contribution in [2.75, 3.05) is 0 Å². The maximum atomic E-state index is 3.89. The molecule has 0 radical (unpaired) electrons. The molecule has 0 aliphatic rings. The van der Waals surface area contributed by atoms with Gasteiger partial charge in [0.2, 0.25) is 0 Å². The number of benzene rings is 1. The zero-order chi connectivity index (χ0) is 12.5. The monoisotopic (exact) mass is 228 g/mol. The molecule has 1 aromatic carbocycles. The number of hydrogen-bond acceptors (Lipinski definition) is 0. The van der Waals surface area contributed by atoms with E-state index >= 15 is 0 Å². The van der Waals surface area contributed by atoms with Crippen LogP contribution in [0.15, 0.2) is 48.6 Å². The topological polar surface area (TPSA) is 0 Å². The van der Waals surface area contributed by atoms with Crippen LogP contribution in [0, 0.1) is 0 Å². The smallest absolute Gasteiger partial charge is 0.00946 e. The van der Waals surface area contributed by atoms with Crippen LogP contribution in [-0.2, 0) is 0 Å². The first kappa shape index (κ1) is 13.8. The van der Waals surface area contributed by atoms with Crippen LogP contribution < -0.4 is 0 Å². The van der Waals surface area contributed by atoms with Gasteiger partial charge in [0.25, 0.3) is 0 Å². The summed E-state index contributed by atoms with van der Waals surface area (Å²) in [5.74, 6) is 0. The van der Waals surface area contributed by atoms with Crippen molar-refractivity contribution >= 4 is 5.57 Å².